The number of carbonyl (C=O) groups is 1. The molecule has 1 aliphatic heterocycles. The Morgan fingerprint density at radius 2 is 1.91 bits per heavy atom. The van der Waals surface area contributed by atoms with E-state index in [1.54, 1.807) is 11.1 Å². The zero-order valence-electron chi connectivity index (χ0n) is 25.6. The van der Waals surface area contributed by atoms with Gasteiger partial charge in [-0.15, -0.1) is 0 Å². The van der Waals surface area contributed by atoms with Gasteiger partial charge < -0.3 is 9.88 Å². The van der Waals surface area contributed by atoms with E-state index in [0.717, 1.165) is 41.6 Å². The fourth-order valence-electron chi connectivity index (χ4n) is 7.26. The van der Waals surface area contributed by atoms with Gasteiger partial charge in [0.2, 0.25) is 5.82 Å². The number of hydrogen-bond donors (Lipinski definition) is 1. The first-order valence-electron chi connectivity index (χ1n) is 15.4. The van der Waals surface area contributed by atoms with E-state index in [-0.39, 0.29) is 17.4 Å². The fourth-order valence-corrected chi connectivity index (χ4v) is 7.26. The van der Waals surface area contributed by atoms with E-state index in [9.17, 15) is 23.2 Å². The highest BCUT2D eigenvalue weighted by Crippen LogP contribution is 2.46. The molecule has 2 aliphatic carbocycles. The summed E-state index contributed by atoms with van der Waals surface area (Å²) in [6, 6.07) is 5.90. The Morgan fingerprint density at radius 3 is 2.57 bits per heavy atom. The average molecular weight is 634 g/mol. The van der Waals surface area contributed by atoms with E-state index >= 15 is 0 Å². The van der Waals surface area contributed by atoms with Gasteiger partial charge in [-0.3, -0.25) is 19.3 Å². The normalized spacial score (nSPS) is 23.2. The van der Waals surface area contributed by atoms with Crippen molar-refractivity contribution in [2.75, 3.05) is 40.3 Å². The van der Waals surface area contributed by atoms with Gasteiger partial charge in [0, 0.05) is 55.6 Å². The van der Waals surface area contributed by atoms with E-state index in [2.05, 4.69) is 41.0 Å². The molecule has 3 fully saturated rings. The largest absolute Gasteiger partial charge is 0.451 e. The minimum Gasteiger partial charge on any atom is -0.346 e. The second-order valence-electron chi connectivity index (χ2n) is 12.8. The van der Waals surface area contributed by atoms with Crippen molar-refractivity contribution in [1.82, 2.24) is 49.4 Å². The first-order valence-corrected chi connectivity index (χ1v) is 15.4. The highest BCUT2D eigenvalue weighted by molar-refractivity contribution is 5.92. The Labute approximate surface area is 263 Å². The van der Waals surface area contributed by atoms with Crippen LogP contribution in [-0.4, -0.2) is 102 Å². The Kier molecular flexibility index (Phi) is 7.32. The lowest BCUT2D eigenvalue weighted by atomic mass is 9.70. The number of rotatable bonds is 7. The van der Waals surface area contributed by atoms with Gasteiger partial charge in [0.15, 0.2) is 0 Å². The van der Waals surface area contributed by atoms with Crippen LogP contribution in [0.15, 0.2) is 37.1 Å². The predicted molar refractivity (Wildman–Crippen MR) is 160 cm³/mol. The molecule has 0 spiro atoms. The summed E-state index contributed by atoms with van der Waals surface area (Å²) in [5, 5.41) is 15.2. The Bertz CT molecular complexity index is 1810. The molecule has 0 atom stereocenters. The fraction of sp³-hybridized carbons (Fsp3) is 0.516. The molecular formula is C31H34F3N11O. The number of fused-ring (bicyclic) bond motifs is 1. The molecule has 240 valence electrons. The number of alkyl halides is 3. The summed E-state index contributed by atoms with van der Waals surface area (Å²) >= 11 is 0. The van der Waals surface area contributed by atoms with Crippen LogP contribution < -0.4 is 0 Å². The molecule has 4 aromatic heterocycles. The van der Waals surface area contributed by atoms with Crippen LogP contribution in [0, 0.1) is 11.3 Å². The molecule has 0 unspecified atom stereocenters. The lowest BCUT2D eigenvalue weighted by Crippen LogP contribution is -2.60. The van der Waals surface area contributed by atoms with Gasteiger partial charge >= 0.3 is 6.18 Å². The molecule has 46 heavy (non-hydrogen) atoms. The van der Waals surface area contributed by atoms with Crippen molar-refractivity contribution in [3.05, 3.63) is 54.3 Å². The minimum atomic E-state index is -4.76. The maximum Gasteiger partial charge on any atom is 0.451 e. The molecular weight excluding hydrogens is 599 g/mol. The van der Waals surface area contributed by atoms with Gasteiger partial charge in [-0.1, -0.05) is 0 Å². The number of H-pyrrole nitrogens is 1. The van der Waals surface area contributed by atoms with E-state index in [1.807, 2.05) is 42.1 Å². The molecule has 1 saturated heterocycles. The lowest BCUT2D eigenvalue weighted by Gasteiger charge is -2.52. The van der Waals surface area contributed by atoms with Crippen LogP contribution in [0.4, 0.5) is 13.2 Å². The number of piperazine rings is 1. The van der Waals surface area contributed by atoms with Crippen LogP contribution in [-0.2, 0) is 17.3 Å². The summed E-state index contributed by atoms with van der Waals surface area (Å²) in [6.45, 7) is 1.88. The Balaban J connectivity index is 1.03. The van der Waals surface area contributed by atoms with Gasteiger partial charge in [-0.05, 0) is 58.3 Å². The number of nitrogens with one attached hydrogen (secondary N) is 1. The molecule has 4 aromatic rings. The lowest BCUT2D eigenvalue weighted by molar-refractivity contribution is -0.145. The molecule has 1 N–H and O–H groups in total. The smallest absolute Gasteiger partial charge is 0.346 e. The van der Waals surface area contributed by atoms with Crippen LogP contribution in [0.2, 0.25) is 0 Å². The van der Waals surface area contributed by atoms with E-state index in [1.165, 1.54) is 12.4 Å². The average Bonchev–Trinajstić information content (AvgIpc) is 3.68. The van der Waals surface area contributed by atoms with Gasteiger partial charge in [0.05, 0.1) is 41.2 Å². The minimum absolute atomic E-state index is 0.190. The summed E-state index contributed by atoms with van der Waals surface area (Å²) in [5.41, 5.74) is 1.29. The molecule has 15 heteroatoms. The van der Waals surface area contributed by atoms with Crippen molar-refractivity contribution < 1.29 is 18.0 Å². The monoisotopic (exact) mass is 633 g/mol. The number of hydrogen-bond acceptors (Lipinski definition) is 9. The summed E-state index contributed by atoms with van der Waals surface area (Å²) < 4.78 is 43.4. The van der Waals surface area contributed by atoms with Gasteiger partial charge in [0.25, 0.3) is 5.91 Å². The van der Waals surface area contributed by atoms with E-state index in [0.29, 0.717) is 45.4 Å². The second-order valence-corrected chi connectivity index (χ2v) is 12.8. The molecule has 0 aromatic carbocycles. The Morgan fingerprint density at radius 1 is 1.15 bits per heavy atom. The Hall–Kier alpha value is -4.42. The molecule has 12 nitrogen and oxygen atoms in total. The van der Waals surface area contributed by atoms with Gasteiger partial charge in [-0.25, -0.2) is 19.9 Å². The van der Waals surface area contributed by atoms with Crippen LogP contribution in [0.3, 0.4) is 0 Å². The second kappa shape index (κ2) is 11.1. The first-order chi connectivity index (χ1) is 22.0. The summed E-state index contributed by atoms with van der Waals surface area (Å²) in [5.74, 6) is -1.79. The molecule has 7 rings (SSSR count). The third-order valence-electron chi connectivity index (χ3n) is 10.2. The molecule has 2 saturated carbocycles. The highest BCUT2D eigenvalue weighted by atomic mass is 19.4. The molecule has 0 radical (unpaired) electrons. The number of halogens is 3. The van der Waals surface area contributed by atoms with Gasteiger partial charge in [-0.2, -0.15) is 23.5 Å². The van der Waals surface area contributed by atoms with Crippen molar-refractivity contribution in [3.8, 4) is 17.3 Å². The van der Waals surface area contributed by atoms with Crippen molar-refractivity contribution in [3.63, 3.8) is 0 Å². The van der Waals surface area contributed by atoms with E-state index in [4.69, 9.17) is 0 Å². The van der Waals surface area contributed by atoms with Crippen molar-refractivity contribution in [1.29, 1.82) is 5.26 Å². The molecule has 3 aliphatic rings. The summed E-state index contributed by atoms with van der Waals surface area (Å²) in [6.07, 6.45) is 6.23. The number of carbonyl (C=O) groups excluding carboxylic acids is 1. The maximum absolute atomic E-state index is 13.8. The van der Waals surface area contributed by atoms with Crippen molar-refractivity contribution >= 4 is 16.9 Å². The quantitative estimate of drug-likeness (QED) is 0.322. The van der Waals surface area contributed by atoms with Gasteiger partial charge in [0.1, 0.15) is 17.7 Å². The van der Waals surface area contributed by atoms with Crippen molar-refractivity contribution in [2.24, 2.45) is 0 Å². The SMILES string of the molecule is CN(C)C1(c2cc(C(=O)N3CCN([C@H]4C[C@](CC#N)(n5cc(-c6ncnc7[nH]ccc67)cn5)C4)CC3)nc(C(F)(F)F)n2)CCC1. The van der Waals surface area contributed by atoms with Crippen LogP contribution in [0.25, 0.3) is 22.3 Å². The van der Waals surface area contributed by atoms with Crippen LogP contribution in [0.5, 0.6) is 0 Å². The third kappa shape index (κ3) is 5.00. The third-order valence-corrected chi connectivity index (χ3v) is 10.2. The first kappa shape index (κ1) is 30.2. The molecule has 0 bridgehead atoms. The summed E-state index contributed by atoms with van der Waals surface area (Å²) in [4.78, 5) is 38.7. The number of nitrogens with zero attached hydrogens (tertiary/aromatic N) is 10. The van der Waals surface area contributed by atoms with E-state index < -0.39 is 29.0 Å². The molecule has 5 heterocycles. The standard InChI is InChI=1S/C31H34F3N11O/c1-42(2)30(5-3-6-30)24-14-23(40-28(41-24)31(32,33)34)27(46)44-12-10-43(11-13-44)21-15-29(16-21,7-8-35)45-18-20(17-39-45)25-22-4-9-36-26(22)38-19-37-25/h4,9,14,17-19,21H,3,5-7,10-13,15-16H2,1-2H3,(H,36,37,38)/t21-,29-. The number of amides is 1. The predicted octanol–water partition coefficient (Wildman–Crippen LogP) is 3.80. The number of nitriles is 1. The summed E-state index contributed by atoms with van der Waals surface area (Å²) in [7, 11) is 3.65. The number of aromatic amines is 1. The zero-order valence-corrected chi connectivity index (χ0v) is 25.6. The van der Waals surface area contributed by atoms with Crippen LogP contribution >= 0.6 is 0 Å². The zero-order chi connectivity index (χ0) is 32.3. The van der Waals surface area contributed by atoms with Crippen molar-refractivity contribution in [2.45, 2.75) is 61.8 Å². The number of aromatic nitrogens is 7. The molecule has 1 amide bonds. The van der Waals surface area contributed by atoms with Crippen LogP contribution in [0.1, 0.15) is 60.5 Å². The maximum atomic E-state index is 13.8. The highest BCUT2D eigenvalue weighted by Gasteiger charge is 2.50. The topological polar surface area (TPSA) is 136 Å².